The van der Waals surface area contributed by atoms with Gasteiger partial charge in [-0.15, -0.1) is 0 Å². The standard InChI is InChI=1S/C11H18N4OS/c1-3-8-10(15-12)13-6-14-11(8)17-9-4-5-16-7(9)2/h6-7,9H,3-5,12H2,1-2H3,(H,13,14,15). The summed E-state index contributed by atoms with van der Waals surface area (Å²) in [5, 5.41) is 1.48. The highest BCUT2D eigenvalue weighted by Gasteiger charge is 2.26. The number of rotatable bonds is 4. The average Bonchev–Trinajstić information content (AvgIpc) is 2.74. The second-order valence-electron chi connectivity index (χ2n) is 4.02. The van der Waals surface area contributed by atoms with Gasteiger partial charge in [-0.3, -0.25) is 0 Å². The van der Waals surface area contributed by atoms with Crippen molar-refractivity contribution in [2.24, 2.45) is 5.84 Å². The SMILES string of the molecule is CCc1c(NN)ncnc1SC1CCOC1C. The molecule has 0 spiro atoms. The molecule has 0 saturated carbocycles. The number of aromatic nitrogens is 2. The van der Waals surface area contributed by atoms with Crippen LogP contribution in [-0.2, 0) is 11.2 Å². The summed E-state index contributed by atoms with van der Waals surface area (Å²) in [5.41, 5.74) is 3.71. The number of hydrazine groups is 1. The fraction of sp³-hybridized carbons (Fsp3) is 0.636. The first-order chi connectivity index (χ1) is 8.26. The van der Waals surface area contributed by atoms with Crippen LogP contribution < -0.4 is 11.3 Å². The summed E-state index contributed by atoms with van der Waals surface area (Å²) in [5.74, 6) is 6.18. The molecule has 0 aliphatic carbocycles. The van der Waals surface area contributed by atoms with Crippen molar-refractivity contribution in [3.63, 3.8) is 0 Å². The van der Waals surface area contributed by atoms with Crippen molar-refractivity contribution >= 4 is 17.6 Å². The number of nitrogens with zero attached hydrogens (tertiary/aromatic N) is 2. The molecule has 17 heavy (non-hydrogen) atoms. The highest BCUT2D eigenvalue weighted by molar-refractivity contribution is 8.00. The van der Waals surface area contributed by atoms with E-state index in [1.807, 2.05) is 0 Å². The molecule has 2 rings (SSSR count). The van der Waals surface area contributed by atoms with Crippen LogP contribution >= 0.6 is 11.8 Å². The summed E-state index contributed by atoms with van der Waals surface area (Å²) >= 11 is 1.77. The molecule has 5 nitrogen and oxygen atoms in total. The maximum absolute atomic E-state index is 5.56. The summed E-state index contributed by atoms with van der Waals surface area (Å²) in [7, 11) is 0. The van der Waals surface area contributed by atoms with Gasteiger partial charge in [0.2, 0.25) is 0 Å². The third kappa shape index (κ3) is 2.70. The lowest BCUT2D eigenvalue weighted by Crippen LogP contribution is -2.16. The molecule has 1 aliphatic heterocycles. The number of hydrogen-bond donors (Lipinski definition) is 2. The smallest absolute Gasteiger partial charge is 0.147 e. The predicted molar refractivity (Wildman–Crippen MR) is 68.9 cm³/mol. The van der Waals surface area contributed by atoms with Gasteiger partial charge in [-0.05, 0) is 19.8 Å². The van der Waals surface area contributed by atoms with Gasteiger partial charge in [-0.25, -0.2) is 15.8 Å². The van der Waals surface area contributed by atoms with Crippen molar-refractivity contribution in [1.82, 2.24) is 9.97 Å². The van der Waals surface area contributed by atoms with Crippen molar-refractivity contribution < 1.29 is 4.74 Å². The van der Waals surface area contributed by atoms with Gasteiger partial charge in [0, 0.05) is 17.4 Å². The molecule has 0 radical (unpaired) electrons. The summed E-state index contributed by atoms with van der Waals surface area (Å²) < 4.78 is 5.56. The molecule has 0 aromatic carbocycles. The van der Waals surface area contributed by atoms with Crippen LogP contribution in [0.4, 0.5) is 5.82 Å². The fourth-order valence-electron chi connectivity index (χ4n) is 1.95. The first-order valence-corrected chi connectivity index (χ1v) is 6.73. The van der Waals surface area contributed by atoms with Crippen LogP contribution in [0.5, 0.6) is 0 Å². The number of nitrogens with one attached hydrogen (secondary N) is 1. The topological polar surface area (TPSA) is 73.1 Å². The van der Waals surface area contributed by atoms with Gasteiger partial charge >= 0.3 is 0 Å². The normalized spacial score (nSPS) is 23.9. The molecule has 1 aliphatic rings. The lowest BCUT2D eigenvalue weighted by atomic mass is 10.2. The zero-order valence-corrected chi connectivity index (χ0v) is 11.0. The van der Waals surface area contributed by atoms with Crippen LogP contribution in [0.25, 0.3) is 0 Å². The molecule has 0 amide bonds. The van der Waals surface area contributed by atoms with Crippen LogP contribution in [-0.4, -0.2) is 27.9 Å². The van der Waals surface area contributed by atoms with E-state index >= 15 is 0 Å². The Balaban J connectivity index is 2.19. The molecule has 3 N–H and O–H groups in total. The fourth-order valence-corrected chi connectivity index (χ4v) is 3.21. The monoisotopic (exact) mass is 254 g/mol. The highest BCUT2D eigenvalue weighted by Crippen LogP contribution is 2.34. The largest absolute Gasteiger partial charge is 0.377 e. The molecule has 1 saturated heterocycles. The minimum atomic E-state index is 0.286. The van der Waals surface area contributed by atoms with Gasteiger partial charge in [-0.1, -0.05) is 18.7 Å². The Hall–Kier alpha value is -0.850. The zero-order chi connectivity index (χ0) is 12.3. The van der Waals surface area contributed by atoms with Crippen molar-refractivity contribution in [2.45, 2.75) is 43.1 Å². The first-order valence-electron chi connectivity index (χ1n) is 5.85. The van der Waals surface area contributed by atoms with Crippen LogP contribution in [0.2, 0.25) is 0 Å². The lowest BCUT2D eigenvalue weighted by Gasteiger charge is -2.16. The number of hydrogen-bond acceptors (Lipinski definition) is 6. The van der Waals surface area contributed by atoms with Gasteiger partial charge < -0.3 is 10.2 Å². The minimum Gasteiger partial charge on any atom is -0.377 e. The molecule has 2 atom stereocenters. The van der Waals surface area contributed by atoms with E-state index in [4.69, 9.17) is 10.6 Å². The van der Waals surface area contributed by atoms with Gasteiger partial charge in [0.1, 0.15) is 17.2 Å². The molecule has 0 bridgehead atoms. The molecular formula is C11H18N4OS. The predicted octanol–water partition coefficient (Wildman–Crippen LogP) is 1.59. The van der Waals surface area contributed by atoms with Crippen LogP contribution in [0.1, 0.15) is 25.8 Å². The van der Waals surface area contributed by atoms with Gasteiger partial charge in [0.15, 0.2) is 0 Å². The number of anilines is 1. The van der Waals surface area contributed by atoms with E-state index in [0.29, 0.717) is 5.25 Å². The maximum Gasteiger partial charge on any atom is 0.147 e. The molecule has 1 fully saturated rings. The summed E-state index contributed by atoms with van der Waals surface area (Å²) in [4.78, 5) is 8.49. The van der Waals surface area contributed by atoms with E-state index < -0.39 is 0 Å². The second-order valence-corrected chi connectivity index (χ2v) is 5.25. The third-order valence-electron chi connectivity index (χ3n) is 2.97. The van der Waals surface area contributed by atoms with E-state index in [0.717, 1.165) is 35.9 Å². The zero-order valence-electron chi connectivity index (χ0n) is 10.1. The molecule has 6 heteroatoms. The molecule has 2 unspecified atom stereocenters. The quantitative estimate of drug-likeness (QED) is 0.483. The Morgan fingerprint density at radius 3 is 3.00 bits per heavy atom. The molecule has 2 heterocycles. The highest BCUT2D eigenvalue weighted by atomic mass is 32.2. The van der Waals surface area contributed by atoms with E-state index in [9.17, 15) is 0 Å². The van der Waals surface area contributed by atoms with E-state index in [-0.39, 0.29) is 6.10 Å². The Labute approximate surface area is 106 Å². The molecule has 1 aromatic rings. The number of nitrogens with two attached hydrogens (primary N) is 1. The van der Waals surface area contributed by atoms with Crippen LogP contribution in [0.3, 0.4) is 0 Å². The van der Waals surface area contributed by atoms with Gasteiger partial charge in [-0.2, -0.15) is 0 Å². The number of nitrogen functional groups attached to an aromatic ring is 1. The second kappa shape index (κ2) is 5.66. The van der Waals surface area contributed by atoms with Gasteiger partial charge in [0.05, 0.1) is 6.10 Å². The van der Waals surface area contributed by atoms with E-state index in [1.165, 1.54) is 0 Å². The summed E-state index contributed by atoms with van der Waals surface area (Å²) in [6.45, 7) is 5.03. The van der Waals surface area contributed by atoms with Crippen LogP contribution in [0.15, 0.2) is 11.4 Å². The van der Waals surface area contributed by atoms with Crippen LogP contribution in [0, 0.1) is 0 Å². The van der Waals surface area contributed by atoms with Gasteiger partial charge in [0.25, 0.3) is 0 Å². The molecule has 1 aromatic heterocycles. The van der Waals surface area contributed by atoms with E-state index in [1.54, 1.807) is 18.1 Å². The number of thioether (sulfide) groups is 1. The number of ether oxygens (including phenoxy) is 1. The molecule has 94 valence electrons. The van der Waals surface area contributed by atoms with Crippen molar-refractivity contribution in [1.29, 1.82) is 0 Å². The third-order valence-corrected chi connectivity index (χ3v) is 4.46. The average molecular weight is 254 g/mol. The Bertz CT molecular complexity index is 388. The Morgan fingerprint density at radius 1 is 1.59 bits per heavy atom. The minimum absolute atomic E-state index is 0.286. The molecular weight excluding hydrogens is 236 g/mol. The Kier molecular flexibility index (Phi) is 4.20. The van der Waals surface area contributed by atoms with E-state index in [2.05, 4.69) is 29.2 Å². The maximum atomic E-state index is 5.56. The summed E-state index contributed by atoms with van der Waals surface area (Å²) in [6, 6.07) is 0. The first kappa shape index (κ1) is 12.6. The van der Waals surface area contributed by atoms with Crippen molar-refractivity contribution in [3.8, 4) is 0 Å². The van der Waals surface area contributed by atoms with Crippen molar-refractivity contribution in [3.05, 3.63) is 11.9 Å². The lowest BCUT2D eigenvalue weighted by molar-refractivity contribution is 0.127. The Morgan fingerprint density at radius 2 is 2.41 bits per heavy atom. The van der Waals surface area contributed by atoms with Crippen molar-refractivity contribution in [2.75, 3.05) is 12.0 Å². The summed E-state index contributed by atoms with van der Waals surface area (Å²) in [6.07, 6.45) is 3.78.